The van der Waals surface area contributed by atoms with E-state index in [9.17, 15) is 4.79 Å². The lowest BCUT2D eigenvalue weighted by molar-refractivity contribution is -0.119. The molecule has 0 radical (unpaired) electrons. The van der Waals surface area contributed by atoms with Crippen molar-refractivity contribution in [1.29, 1.82) is 0 Å². The summed E-state index contributed by atoms with van der Waals surface area (Å²) < 4.78 is 0. The highest BCUT2D eigenvalue weighted by Gasteiger charge is 2.28. The third kappa shape index (κ3) is 4.34. The summed E-state index contributed by atoms with van der Waals surface area (Å²) in [5, 5.41) is 0. The fourth-order valence-electron chi connectivity index (χ4n) is 3.78. The van der Waals surface area contributed by atoms with E-state index in [4.69, 9.17) is 0 Å². The standard InChI is InChI=1S/C23H30N2O/c1-4-23(26)25(22-11-10-18(2)19(3)16-22)21-12-14-24(15-13-21)17-20-8-6-5-7-9-20/h5-11,16,21H,4,12-15,17H2,1-3H3. The highest BCUT2D eigenvalue weighted by atomic mass is 16.2. The molecule has 0 unspecified atom stereocenters. The lowest BCUT2D eigenvalue weighted by atomic mass is 10.00. The minimum Gasteiger partial charge on any atom is -0.309 e. The summed E-state index contributed by atoms with van der Waals surface area (Å²) in [7, 11) is 0. The summed E-state index contributed by atoms with van der Waals surface area (Å²) >= 11 is 0. The van der Waals surface area contributed by atoms with Crippen molar-refractivity contribution in [1.82, 2.24) is 4.90 Å². The van der Waals surface area contributed by atoms with Crippen LogP contribution in [-0.2, 0) is 11.3 Å². The molecule has 0 aliphatic carbocycles. The first kappa shape index (κ1) is 18.7. The van der Waals surface area contributed by atoms with Crippen molar-refractivity contribution in [3.8, 4) is 0 Å². The number of carbonyl (C=O) groups excluding carboxylic acids is 1. The smallest absolute Gasteiger partial charge is 0.226 e. The minimum atomic E-state index is 0.231. The molecule has 1 fully saturated rings. The largest absolute Gasteiger partial charge is 0.309 e. The van der Waals surface area contributed by atoms with Crippen LogP contribution in [-0.4, -0.2) is 29.9 Å². The summed E-state index contributed by atoms with van der Waals surface area (Å²) in [4.78, 5) is 17.3. The van der Waals surface area contributed by atoms with Crippen molar-refractivity contribution in [2.75, 3.05) is 18.0 Å². The average molecular weight is 351 g/mol. The summed E-state index contributed by atoms with van der Waals surface area (Å²) in [5.74, 6) is 0.231. The van der Waals surface area contributed by atoms with Gasteiger partial charge in [-0.3, -0.25) is 9.69 Å². The number of carbonyl (C=O) groups is 1. The monoisotopic (exact) mass is 350 g/mol. The molecular formula is C23H30N2O. The Labute approximate surface area is 157 Å². The number of amides is 1. The van der Waals surface area contributed by atoms with Crippen LogP contribution in [0.1, 0.15) is 42.9 Å². The van der Waals surface area contributed by atoms with Crippen LogP contribution in [0.3, 0.4) is 0 Å². The Kier molecular flexibility index (Phi) is 6.10. The van der Waals surface area contributed by atoms with Gasteiger partial charge in [-0.05, 0) is 55.5 Å². The van der Waals surface area contributed by atoms with Gasteiger partial charge in [-0.15, -0.1) is 0 Å². The zero-order chi connectivity index (χ0) is 18.5. The van der Waals surface area contributed by atoms with Crippen LogP contribution in [0.25, 0.3) is 0 Å². The van der Waals surface area contributed by atoms with E-state index in [0.29, 0.717) is 12.5 Å². The minimum absolute atomic E-state index is 0.231. The molecule has 0 atom stereocenters. The third-order valence-corrected chi connectivity index (χ3v) is 5.51. The first-order valence-corrected chi connectivity index (χ1v) is 9.74. The van der Waals surface area contributed by atoms with Crippen molar-refractivity contribution >= 4 is 11.6 Å². The van der Waals surface area contributed by atoms with E-state index in [-0.39, 0.29) is 5.91 Å². The van der Waals surface area contributed by atoms with E-state index >= 15 is 0 Å². The number of piperidine rings is 1. The quantitative estimate of drug-likeness (QED) is 0.779. The van der Waals surface area contributed by atoms with Crippen LogP contribution in [0.2, 0.25) is 0 Å². The van der Waals surface area contributed by atoms with Gasteiger partial charge in [-0.1, -0.05) is 43.3 Å². The zero-order valence-corrected chi connectivity index (χ0v) is 16.2. The first-order valence-electron chi connectivity index (χ1n) is 9.74. The Hall–Kier alpha value is -2.13. The Morgan fingerprint density at radius 1 is 1.04 bits per heavy atom. The lowest BCUT2D eigenvalue weighted by Crippen LogP contribution is -2.47. The molecule has 1 aliphatic rings. The van der Waals surface area contributed by atoms with Crippen molar-refractivity contribution in [3.05, 3.63) is 65.2 Å². The van der Waals surface area contributed by atoms with E-state index in [1.807, 2.05) is 6.92 Å². The Morgan fingerprint density at radius 3 is 2.35 bits per heavy atom. The molecule has 1 saturated heterocycles. The van der Waals surface area contributed by atoms with Gasteiger partial charge in [0.05, 0.1) is 0 Å². The van der Waals surface area contributed by atoms with Crippen molar-refractivity contribution in [2.45, 2.75) is 52.6 Å². The SMILES string of the molecule is CCC(=O)N(c1ccc(C)c(C)c1)C1CCN(Cc2ccccc2)CC1. The van der Waals surface area contributed by atoms with Gasteiger partial charge in [0.25, 0.3) is 0 Å². The second kappa shape index (κ2) is 8.50. The second-order valence-electron chi connectivity index (χ2n) is 7.38. The van der Waals surface area contributed by atoms with Crippen molar-refractivity contribution in [2.24, 2.45) is 0 Å². The molecule has 0 aromatic heterocycles. The summed E-state index contributed by atoms with van der Waals surface area (Å²) in [5.41, 5.74) is 4.94. The number of rotatable bonds is 5. The number of hydrogen-bond donors (Lipinski definition) is 0. The fourth-order valence-corrected chi connectivity index (χ4v) is 3.78. The maximum atomic E-state index is 12.7. The van der Waals surface area contributed by atoms with E-state index < -0.39 is 0 Å². The highest BCUT2D eigenvalue weighted by Crippen LogP contribution is 2.27. The highest BCUT2D eigenvalue weighted by molar-refractivity contribution is 5.93. The molecule has 0 N–H and O–H groups in total. The molecule has 1 heterocycles. The van der Waals surface area contributed by atoms with Gasteiger partial charge in [0, 0.05) is 37.8 Å². The number of benzene rings is 2. The van der Waals surface area contributed by atoms with Gasteiger partial charge in [0.2, 0.25) is 5.91 Å². The van der Waals surface area contributed by atoms with Crippen LogP contribution >= 0.6 is 0 Å². The number of anilines is 1. The van der Waals surface area contributed by atoms with Gasteiger partial charge in [-0.2, -0.15) is 0 Å². The van der Waals surface area contributed by atoms with Crippen LogP contribution in [0.5, 0.6) is 0 Å². The molecule has 3 rings (SSSR count). The van der Waals surface area contributed by atoms with Crippen LogP contribution < -0.4 is 4.90 Å². The van der Waals surface area contributed by atoms with Gasteiger partial charge in [0.1, 0.15) is 0 Å². The van der Waals surface area contributed by atoms with E-state index in [1.54, 1.807) is 0 Å². The second-order valence-corrected chi connectivity index (χ2v) is 7.38. The van der Waals surface area contributed by atoms with Crippen molar-refractivity contribution < 1.29 is 4.79 Å². The molecule has 1 aliphatic heterocycles. The Morgan fingerprint density at radius 2 is 1.73 bits per heavy atom. The zero-order valence-electron chi connectivity index (χ0n) is 16.2. The van der Waals surface area contributed by atoms with Crippen LogP contribution in [0.4, 0.5) is 5.69 Å². The van der Waals surface area contributed by atoms with E-state index in [0.717, 1.165) is 38.2 Å². The first-order chi connectivity index (χ1) is 12.6. The number of hydrogen-bond acceptors (Lipinski definition) is 2. The normalized spacial score (nSPS) is 15.8. The van der Waals surface area contributed by atoms with E-state index in [2.05, 4.69) is 72.2 Å². The average Bonchev–Trinajstić information content (AvgIpc) is 2.67. The fraction of sp³-hybridized carbons (Fsp3) is 0.435. The summed E-state index contributed by atoms with van der Waals surface area (Å²) in [6.07, 6.45) is 2.62. The molecule has 3 heteroatoms. The number of likely N-dealkylation sites (tertiary alicyclic amines) is 1. The predicted octanol–water partition coefficient (Wildman–Crippen LogP) is 4.71. The van der Waals surface area contributed by atoms with Gasteiger partial charge in [-0.25, -0.2) is 0 Å². The molecule has 2 aromatic carbocycles. The third-order valence-electron chi connectivity index (χ3n) is 5.51. The van der Waals surface area contributed by atoms with Gasteiger partial charge >= 0.3 is 0 Å². The van der Waals surface area contributed by atoms with E-state index in [1.165, 1.54) is 16.7 Å². The summed E-state index contributed by atoms with van der Waals surface area (Å²) in [6, 6.07) is 17.3. The number of nitrogens with zero attached hydrogens (tertiary/aromatic N) is 2. The topological polar surface area (TPSA) is 23.6 Å². The molecular weight excluding hydrogens is 320 g/mol. The molecule has 138 valence electrons. The van der Waals surface area contributed by atoms with Crippen molar-refractivity contribution in [3.63, 3.8) is 0 Å². The molecule has 0 bridgehead atoms. The maximum absolute atomic E-state index is 12.7. The predicted molar refractivity (Wildman–Crippen MR) is 108 cm³/mol. The van der Waals surface area contributed by atoms with Gasteiger partial charge in [0.15, 0.2) is 0 Å². The van der Waals surface area contributed by atoms with Crippen LogP contribution in [0.15, 0.2) is 48.5 Å². The Balaban J connectivity index is 1.69. The molecule has 0 saturated carbocycles. The molecule has 2 aromatic rings. The molecule has 0 spiro atoms. The van der Waals surface area contributed by atoms with Gasteiger partial charge < -0.3 is 4.90 Å². The molecule has 1 amide bonds. The summed E-state index contributed by atoms with van der Waals surface area (Å²) in [6.45, 7) is 9.28. The van der Waals surface area contributed by atoms with Crippen LogP contribution in [0, 0.1) is 13.8 Å². The molecule has 3 nitrogen and oxygen atoms in total. The molecule has 26 heavy (non-hydrogen) atoms. The number of aryl methyl sites for hydroxylation is 2. The maximum Gasteiger partial charge on any atom is 0.226 e. The Bertz CT molecular complexity index is 733. The lowest BCUT2D eigenvalue weighted by Gasteiger charge is -2.38.